The van der Waals surface area contributed by atoms with Crippen LogP contribution in [0.25, 0.3) is 0 Å². The van der Waals surface area contributed by atoms with Crippen molar-refractivity contribution in [3.8, 4) is 0 Å². The molecule has 0 aromatic heterocycles. The number of piperazine rings is 1. The van der Waals surface area contributed by atoms with E-state index in [2.05, 4.69) is 72.9 Å². The Morgan fingerprint density at radius 3 is 1.81 bits per heavy atom. The maximum absolute atomic E-state index is 12.4. The number of carbonyl (C=O) groups is 1. The molecular formula is C23H31N3O+2. The molecule has 2 aromatic rings. The van der Waals surface area contributed by atoms with Gasteiger partial charge in [-0.1, -0.05) is 60.7 Å². The lowest BCUT2D eigenvalue weighted by Gasteiger charge is -2.36. The Hall–Kier alpha value is -2.17. The van der Waals surface area contributed by atoms with Crippen molar-refractivity contribution in [3.63, 3.8) is 0 Å². The smallest absolute Gasteiger partial charge is 0.278 e. The highest BCUT2D eigenvalue weighted by Crippen LogP contribution is 2.19. The van der Waals surface area contributed by atoms with E-state index in [0.717, 1.165) is 39.0 Å². The summed E-state index contributed by atoms with van der Waals surface area (Å²) in [5.41, 5.74) is 2.75. The highest BCUT2D eigenvalue weighted by atomic mass is 16.2. The molecule has 4 rings (SSSR count). The molecule has 0 radical (unpaired) electrons. The van der Waals surface area contributed by atoms with Crippen LogP contribution < -0.4 is 15.1 Å². The quantitative estimate of drug-likeness (QED) is 0.674. The number of hydrogen-bond donors (Lipinski definition) is 3. The largest absolute Gasteiger partial charge is 0.348 e. The normalized spacial score (nSPS) is 23.8. The van der Waals surface area contributed by atoms with E-state index in [-0.39, 0.29) is 11.9 Å². The van der Waals surface area contributed by atoms with Crippen LogP contribution in [0.5, 0.6) is 0 Å². The van der Waals surface area contributed by atoms with Gasteiger partial charge in [0.2, 0.25) is 0 Å². The van der Waals surface area contributed by atoms with Crippen molar-refractivity contribution in [1.82, 2.24) is 5.32 Å². The fourth-order valence-electron chi connectivity index (χ4n) is 4.31. The first-order valence-electron chi connectivity index (χ1n) is 10.3. The van der Waals surface area contributed by atoms with Gasteiger partial charge in [0.05, 0.1) is 0 Å². The first-order valence-corrected chi connectivity index (χ1v) is 10.3. The topological polar surface area (TPSA) is 38.0 Å². The Labute approximate surface area is 162 Å². The molecule has 1 aliphatic heterocycles. The minimum Gasteiger partial charge on any atom is -0.348 e. The van der Waals surface area contributed by atoms with Gasteiger partial charge in [0.1, 0.15) is 32.2 Å². The molecule has 1 aliphatic carbocycles. The first-order chi connectivity index (χ1) is 13.2. The summed E-state index contributed by atoms with van der Waals surface area (Å²) in [6.45, 7) is 6.36. The van der Waals surface area contributed by atoms with Crippen molar-refractivity contribution in [2.45, 2.75) is 37.9 Å². The maximum atomic E-state index is 12.4. The zero-order chi connectivity index (χ0) is 18.6. The van der Waals surface area contributed by atoms with E-state index in [9.17, 15) is 4.79 Å². The molecule has 1 amide bonds. The third-order valence-electron chi connectivity index (χ3n) is 6.14. The van der Waals surface area contributed by atoms with Gasteiger partial charge in [-0.05, 0) is 19.8 Å². The van der Waals surface area contributed by atoms with Gasteiger partial charge in [-0.3, -0.25) is 4.79 Å². The molecule has 1 heterocycles. The molecule has 2 aromatic carbocycles. The van der Waals surface area contributed by atoms with Gasteiger partial charge in [0.25, 0.3) is 5.91 Å². The van der Waals surface area contributed by atoms with Crippen molar-refractivity contribution in [2.75, 3.05) is 26.2 Å². The minimum atomic E-state index is 0.0547. The van der Waals surface area contributed by atoms with E-state index in [1.54, 1.807) is 4.90 Å². The van der Waals surface area contributed by atoms with Gasteiger partial charge in [-0.25, -0.2) is 0 Å². The second kappa shape index (κ2) is 8.24. The molecule has 0 bridgehead atoms. The average Bonchev–Trinajstić information content (AvgIpc) is 3.54. The van der Waals surface area contributed by atoms with Gasteiger partial charge in [-0.2, -0.15) is 0 Å². The Morgan fingerprint density at radius 1 is 0.852 bits per heavy atom. The number of benzene rings is 2. The third kappa shape index (κ3) is 4.40. The molecule has 0 unspecified atom stereocenters. The Morgan fingerprint density at radius 2 is 1.33 bits per heavy atom. The Balaban J connectivity index is 1.45. The Kier molecular flexibility index (Phi) is 5.55. The number of nitrogens with one attached hydrogen (secondary N) is 3. The van der Waals surface area contributed by atoms with Crippen LogP contribution in [0.4, 0.5) is 0 Å². The van der Waals surface area contributed by atoms with Gasteiger partial charge in [-0.15, -0.1) is 0 Å². The predicted octanol–water partition coefficient (Wildman–Crippen LogP) is 0.227. The lowest BCUT2D eigenvalue weighted by Crippen LogP contribution is -3.30. The van der Waals surface area contributed by atoms with Crippen LogP contribution in [-0.4, -0.2) is 44.2 Å². The minimum absolute atomic E-state index is 0.0547. The number of rotatable bonds is 6. The van der Waals surface area contributed by atoms with E-state index in [1.807, 2.05) is 0 Å². The predicted molar refractivity (Wildman–Crippen MR) is 107 cm³/mol. The molecule has 142 valence electrons. The molecule has 4 nitrogen and oxygen atoms in total. The summed E-state index contributed by atoms with van der Waals surface area (Å²) in [5, 5.41) is 3.17. The highest BCUT2D eigenvalue weighted by molar-refractivity contribution is 5.80. The van der Waals surface area contributed by atoms with E-state index in [1.165, 1.54) is 16.0 Å². The van der Waals surface area contributed by atoms with Crippen molar-refractivity contribution in [3.05, 3.63) is 71.8 Å². The van der Waals surface area contributed by atoms with E-state index in [0.29, 0.717) is 12.1 Å². The maximum Gasteiger partial charge on any atom is 0.278 e. The molecule has 2 aliphatic rings. The molecule has 0 spiro atoms. The fourth-order valence-corrected chi connectivity index (χ4v) is 4.31. The van der Waals surface area contributed by atoms with Crippen LogP contribution in [0.2, 0.25) is 0 Å². The molecule has 3 N–H and O–H groups in total. The van der Waals surface area contributed by atoms with Crippen LogP contribution in [0.3, 0.4) is 0 Å². The van der Waals surface area contributed by atoms with E-state index in [4.69, 9.17) is 0 Å². The van der Waals surface area contributed by atoms with Gasteiger partial charge in [0, 0.05) is 17.2 Å². The van der Waals surface area contributed by atoms with Crippen LogP contribution in [-0.2, 0) is 4.79 Å². The first kappa shape index (κ1) is 18.2. The van der Waals surface area contributed by atoms with Crippen LogP contribution in [0, 0.1) is 0 Å². The number of amides is 1. The lowest BCUT2D eigenvalue weighted by atomic mass is 9.96. The van der Waals surface area contributed by atoms with Crippen molar-refractivity contribution >= 4 is 5.91 Å². The number of quaternary nitrogens is 2. The zero-order valence-corrected chi connectivity index (χ0v) is 16.2. The SMILES string of the molecule is C[C@@H](C(=O)NC1CC1)[NH+]1CC[NH+](C(c2ccccc2)c2ccccc2)CC1. The molecule has 1 atom stereocenters. The summed E-state index contributed by atoms with van der Waals surface area (Å²) in [7, 11) is 0. The average molecular weight is 366 g/mol. The fraction of sp³-hybridized carbons (Fsp3) is 0.435. The standard InChI is InChI=1S/C23H29N3O/c1-18(23(27)24-21-12-13-21)25-14-16-26(17-15-25)22(19-8-4-2-5-9-19)20-10-6-3-7-11-20/h2-11,18,21-22H,12-17H2,1H3,(H,24,27)/p+2/t18-/m0/s1. The molecule has 4 heteroatoms. The third-order valence-corrected chi connectivity index (χ3v) is 6.14. The van der Waals surface area contributed by atoms with Crippen LogP contribution in [0.15, 0.2) is 60.7 Å². The van der Waals surface area contributed by atoms with Gasteiger partial charge < -0.3 is 15.1 Å². The van der Waals surface area contributed by atoms with Crippen molar-refractivity contribution < 1.29 is 14.6 Å². The second-order valence-electron chi connectivity index (χ2n) is 8.08. The van der Waals surface area contributed by atoms with E-state index >= 15 is 0 Å². The summed E-state index contributed by atoms with van der Waals surface area (Å²) in [5.74, 6) is 0.235. The highest BCUT2D eigenvalue weighted by Gasteiger charge is 2.36. The molecule has 2 fully saturated rings. The zero-order valence-electron chi connectivity index (χ0n) is 16.2. The molecule has 1 saturated carbocycles. The Bertz CT molecular complexity index is 697. The van der Waals surface area contributed by atoms with Crippen molar-refractivity contribution in [2.24, 2.45) is 0 Å². The molecule has 1 saturated heterocycles. The number of hydrogen-bond acceptors (Lipinski definition) is 1. The number of carbonyl (C=O) groups excluding carboxylic acids is 1. The summed E-state index contributed by atoms with van der Waals surface area (Å²) >= 11 is 0. The second-order valence-corrected chi connectivity index (χ2v) is 8.08. The van der Waals surface area contributed by atoms with Gasteiger partial charge in [0.15, 0.2) is 6.04 Å². The van der Waals surface area contributed by atoms with Crippen LogP contribution >= 0.6 is 0 Å². The summed E-state index contributed by atoms with van der Waals surface area (Å²) in [4.78, 5) is 15.4. The summed E-state index contributed by atoms with van der Waals surface area (Å²) in [6.07, 6.45) is 2.31. The summed E-state index contributed by atoms with van der Waals surface area (Å²) < 4.78 is 0. The van der Waals surface area contributed by atoms with Crippen molar-refractivity contribution in [1.29, 1.82) is 0 Å². The lowest BCUT2D eigenvalue weighted by molar-refractivity contribution is -1.03. The van der Waals surface area contributed by atoms with Gasteiger partial charge >= 0.3 is 0 Å². The molecular weight excluding hydrogens is 334 g/mol. The monoisotopic (exact) mass is 365 g/mol. The van der Waals surface area contributed by atoms with E-state index < -0.39 is 0 Å². The van der Waals surface area contributed by atoms with Crippen LogP contribution in [0.1, 0.15) is 36.9 Å². The molecule has 27 heavy (non-hydrogen) atoms. The summed E-state index contributed by atoms with van der Waals surface area (Å²) in [6, 6.07) is 22.6.